The number of halogens is 1. The monoisotopic (exact) mass is 293 g/mol. The lowest BCUT2D eigenvalue weighted by Gasteiger charge is -2.23. The molecule has 106 valence electrons. The van der Waals surface area contributed by atoms with Crippen molar-refractivity contribution in [3.8, 4) is 0 Å². The fourth-order valence-electron chi connectivity index (χ4n) is 2.09. The normalized spacial score (nSPS) is 11.3. The number of benzene rings is 2. The number of hydrogen-bond acceptors (Lipinski definition) is 2. The van der Waals surface area contributed by atoms with Crippen LogP contribution in [0.3, 0.4) is 0 Å². The smallest absolute Gasteiger partial charge is 0.264 e. The second-order valence-corrected chi connectivity index (χ2v) is 6.25. The van der Waals surface area contributed by atoms with Crippen LogP contribution in [0, 0.1) is 12.7 Å². The second-order valence-electron chi connectivity index (χ2n) is 4.42. The van der Waals surface area contributed by atoms with Gasteiger partial charge in [0.25, 0.3) is 10.0 Å². The number of hydrogen-bond donors (Lipinski definition) is 0. The van der Waals surface area contributed by atoms with Crippen molar-refractivity contribution in [1.29, 1.82) is 0 Å². The van der Waals surface area contributed by atoms with Gasteiger partial charge in [-0.15, -0.1) is 0 Å². The van der Waals surface area contributed by atoms with E-state index in [1.165, 1.54) is 22.5 Å². The molecule has 2 aromatic carbocycles. The molecule has 0 aliphatic rings. The van der Waals surface area contributed by atoms with E-state index in [-0.39, 0.29) is 11.4 Å². The van der Waals surface area contributed by atoms with E-state index >= 15 is 0 Å². The lowest BCUT2D eigenvalue weighted by molar-refractivity contribution is 0.591. The number of nitrogens with zero attached hydrogens (tertiary/aromatic N) is 1. The Bertz CT molecular complexity index is 713. The van der Waals surface area contributed by atoms with E-state index in [1.54, 1.807) is 44.2 Å². The highest BCUT2D eigenvalue weighted by Crippen LogP contribution is 2.25. The summed E-state index contributed by atoms with van der Waals surface area (Å²) in [5.41, 5.74) is 0.998. The third kappa shape index (κ3) is 2.67. The fourth-order valence-corrected chi connectivity index (χ4v) is 3.78. The van der Waals surface area contributed by atoms with Crippen molar-refractivity contribution in [2.45, 2.75) is 18.7 Å². The first-order valence-electron chi connectivity index (χ1n) is 6.30. The van der Waals surface area contributed by atoms with Crippen LogP contribution in [0.2, 0.25) is 0 Å². The predicted octanol–water partition coefficient (Wildman–Crippen LogP) is 3.35. The van der Waals surface area contributed by atoms with E-state index in [4.69, 9.17) is 0 Å². The minimum atomic E-state index is -3.68. The Labute approximate surface area is 118 Å². The first-order valence-corrected chi connectivity index (χ1v) is 7.74. The molecule has 0 heterocycles. The van der Waals surface area contributed by atoms with Gasteiger partial charge in [-0.25, -0.2) is 12.8 Å². The molecule has 0 N–H and O–H groups in total. The Kier molecular flexibility index (Phi) is 4.09. The van der Waals surface area contributed by atoms with Crippen LogP contribution in [-0.2, 0) is 10.0 Å². The summed E-state index contributed by atoms with van der Waals surface area (Å²) >= 11 is 0. The lowest BCUT2D eigenvalue weighted by atomic mass is 10.2. The van der Waals surface area contributed by atoms with Crippen LogP contribution < -0.4 is 4.31 Å². The van der Waals surface area contributed by atoms with Gasteiger partial charge in [-0.1, -0.05) is 24.3 Å². The zero-order valence-electron chi connectivity index (χ0n) is 11.4. The number of anilines is 1. The van der Waals surface area contributed by atoms with Crippen molar-refractivity contribution >= 4 is 15.7 Å². The van der Waals surface area contributed by atoms with Gasteiger partial charge in [0.15, 0.2) is 0 Å². The maximum atomic E-state index is 13.3. The zero-order valence-corrected chi connectivity index (χ0v) is 12.2. The summed E-state index contributed by atoms with van der Waals surface area (Å²) in [4.78, 5) is 0.242. The fraction of sp³-hybridized carbons (Fsp3) is 0.200. The van der Waals surface area contributed by atoms with E-state index in [0.717, 1.165) is 0 Å². The zero-order chi connectivity index (χ0) is 14.8. The molecule has 0 aromatic heterocycles. The van der Waals surface area contributed by atoms with Crippen molar-refractivity contribution in [2.75, 3.05) is 10.8 Å². The van der Waals surface area contributed by atoms with Gasteiger partial charge in [0.1, 0.15) is 5.82 Å². The van der Waals surface area contributed by atoms with Gasteiger partial charge < -0.3 is 0 Å². The number of sulfonamides is 1. The lowest BCUT2D eigenvalue weighted by Crippen LogP contribution is -2.31. The molecular weight excluding hydrogens is 277 g/mol. The van der Waals surface area contributed by atoms with Crippen LogP contribution in [0.15, 0.2) is 53.4 Å². The topological polar surface area (TPSA) is 37.4 Å². The number of rotatable bonds is 4. The summed E-state index contributed by atoms with van der Waals surface area (Å²) in [6.45, 7) is 3.70. The summed E-state index contributed by atoms with van der Waals surface area (Å²) in [5.74, 6) is -0.457. The van der Waals surface area contributed by atoms with Crippen molar-refractivity contribution in [3.05, 3.63) is 59.9 Å². The van der Waals surface area contributed by atoms with Crippen molar-refractivity contribution < 1.29 is 12.8 Å². The summed E-state index contributed by atoms with van der Waals surface area (Å²) in [7, 11) is -3.68. The van der Waals surface area contributed by atoms with Crippen LogP contribution in [0.5, 0.6) is 0 Å². The molecule has 0 saturated heterocycles. The minimum absolute atomic E-state index is 0.236. The van der Waals surface area contributed by atoms with E-state index < -0.39 is 15.8 Å². The highest BCUT2D eigenvalue weighted by Gasteiger charge is 2.25. The summed E-state index contributed by atoms with van der Waals surface area (Å²) in [5, 5.41) is 0. The Morgan fingerprint density at radius 1 is 1.10 bits per heavy atom. The largest absolute Gasteiger partial charge is 0.267 e. The summed E-state index contributed by atoms with van der Waals surface area (Å²) in [6, 6.07) is 12.4. The summed E-state index contributed by atoms with van der Waals surface area (Å²) < 4.78 is 39.9. The molecule has 0 aliphatic heterocycles. The van der Waals surface area contributed by atoms with Crippen LogP contribution in [0.25, 0.3) is 0 Å². The van der Waals surface area contributed by atoms with Gasteiger partial charge in [0.05, 0.1) is 10.6 Å². The molecule has 3 nitrogen and oxygen atoms in total. The first kappa shape index (κ1) is 14.5. The molecule has 0 amide bonds. The molecule has 2 aromatic rings. The van der Waals surface area contributed by atoms with E-state index in [2.05, 4.69) is 0 Å². The van der Waals surface area contributed by atoms with Gasteiger partial charge in [-0.3, -0.25) is 4.31 Å². The highest BCUT2D eigenvalue weighted by atomic mass is 32.2. The molecule has 20 heavy (non-hydrogen) atoms. The Balaban J connectivity index is 2.54. The van der Waals surface area contributed by atoms with Crippen LogP contribution in [0.4, 0.5) is 10.1 Å². The van der Waals surface area contributed by atoms with Gasteiger partial charge in [0.2, 0.25) is 0 Å². The molecule has 0 bridgehead atoms. The standard InChI is InChI=1S/C15H16FNO2S/c1-3-17(14-9-6-8-13(16)11-14)20(18,19)15-10-5-4-7-12(15)2/h4-11H,3H2,1-2H3. The van der Waals surface area contributed by atoms with Crippen molar-refractivity contribution in [3.63, 3.8) is 0 Å². The quantitative estimate of drug-likeness (QED) is 0.867. The average Bonchev–Trinajstić information content (AvgIpc) is 2.39. The Morgan fingerprint density at radius 2 is 1.80 bits per heavy atom. The average molecular weight is 293 g/mol. The summed E-state index contributed by atoms with van der Waals surface area (Å²) in [6.07, 6.45) is 0. The van der Waals surface area contributed by atoms with E-state index in [1.807, 2.05) is 0 Å². The minimum Gasteiger partial charge on any atom is -0.267 e. The molecule has 0 unspecified atom stereocenters. The molecule has 0 fully saturated rings. The van der Waals surface area contributed by atoms with E-state index in [9.17, 15) is 12.8 Å². The second kappa shape index (κ2) is 5.63. The first-order chi connectivity index (χ1) is 9.46. The molecule has 5 heteroatoms. The predicted molar refractivity (Wildman–Crippen MR) is 77.8 cm³/mol. The SMILES string of the molecule is CCN(c1cccc(F)c1)S(=O)(=O)c1ccccc1C. The van der Waals surface area contributed by atoms with Crippen LogP contribution >= 0.6 is 0 Å². The third-order valence-electron chi connectivity index (χ3n) is 3.05. The van der Waals surface area contributed by atoms with Gasteiger partial charge in [-0.2, -0.15) is 0 Å². The maximum absolute atomic E-state index is 13.3. The molecule has 0 atom stereocenters. The van der Waals surface area contributed by atoms with Crippen molar-refractivity contribution in [2.24, 2.45) is 0 Å². The molecule has 2 rings (SSSR count). The Hall–Kier alpha value is -1.88. The molecule has 0 saturated carbocycles. The Morgan fingerprint density at radius 3 is 2.40 bits per heavy atom. The molecule has 0 spiro atoms. The van der Waals surface area contributed by atoms with Gasteiger partial charge in [0, 0.05) is 6.54 Å². The highest BCUT2D eigenvalue weighted by molar-refractivity contribution is 7.92. The van der Waals surface area contributed by atoms with Crippen LogP contribution in [-0.4, -0.2) is 15.0 Å². The van der Waals surface area contributed by atoms with Gasteiger partial charge >= 0.3 is 0 Å². The molecule has 0 radical (unpaired) electrons. The molecule has 0 aliphatic carbocycles. The third-order valence-corrected chi connectivity index (χ3v) is 5.11. The molecular formula is C15H16FNO2S. The number of aryl methyl sites for hydroxylation is 1. The van der Waals surface area contributed by atoms with Gasteiger partial charge in [-0.05, 0) is 43.7 Å². The van der Waals surface area contributed by atoms with Crippen LogP contribution in [0.1, 0.15) is 12.5 Å². The van der Waals surface area contributed by atoms with Crippen molar-refractivity contribution in [1.82, 2.24) is 0 Å². The maximum Gasteiger partial charge on any atom is 0.264 e. The van der Waals surface area contributed by atoms with E-state index in [0.29, 0.717) is 11.3 Å².